The first-order valence-corrected chi connectivity index (χ1v) is 7.19. The Labute approximate surface area is 132 Å². The summed E-state index contributed by atoms with van der Waals surface area (Å²) in [5.41, 5.74) is 0.146. The zero-order chi connectivity index (χ0) is 15.4. The summed E-state index contributed by atoms with van der Waals surface area (Å²) in [6, 6.07) is 5.11. The second kappa shape index (κ2) is 6.72. The molecule has 0 aliphatic rings. The highest BCUT2D eigenvalue weighted by molar-refractivity contribution is 9.10. The molecule has 9 heteroatoms. The van der Waals surface area contributed by atoms with Gasteiger partial charge in [-0.2, -0.15) is 9.97 Å². The van der Waals surface area contributed by atoms with Gasteiger partial charge in [0.25, 0.3) is 0 Å². The molecule has 0 aliphatic carbocycles. The van der Waals surface area contributed by atoms with Crippen LogP contribution in [0.2, 0.25) is 0 Å². The van der Waals surface area contributed by atoms with Crippen molar-refractivity contribution < 1.29 is 19.4 Å². The van der Waals surface area contributed by atoms with Crippen LogP contribution in [0.5, 0.6) is 12.0 Å². The lowest BCUT2D eigenvalue weighted by atomic mass is 10.2. The summed E-state index contributed by atoms with van der Waals surface area (Å²) in [6.07, 6.45) is 0. The molecule has 1 aromatic heterocycles. The van der Waals surface area contributed by atoms with Crippen LogP contribution in [0.4, 0.5) is 0 Å². The van der Waals surface area contributed by atoms with Crippen molar-refractivity contribution in [2.45, 2.75) is 10.1 Å². The number of hydrogen-bond acceptors (Lipinski definition) is 7. The molecule has 2 aromatic rings. The van der Waals surface area contributed by atoms with E-state index in [1.807, 2.05) is 0 Å². The molecule has 0 saturated carbocycles. The monoisotopic (exact) mass is 371 g/mol. The molecular formula is C12H10BrN3O4S. The Bertz CT molecular complexity index is 661. The minimum atomic E-state index is -1.04. The molecule has 1 N–H and O–H groups in total. The molecule has 0 spiro atoms. The van der Waals surface area contributed by atoms with E-state index in [9.17, 15) is 9.90 Å². The van der Waals surface area contributed by atoms with Crippen LogP contribution in [0.1, 0.15) is 10.4 Å². The lowest BCUT2D eigenvalue weighted by molar-refractivity contribution is 0.0693. The Morgan fingerprint density at radius 3 is 2.33 bits per heavy atom. The Kier molecular flexibility index (Phi) is 4.97. The van der Waals surface area contributed by atoms with Gasteiger partial charge < -0.3 is 14.6 Å². The fourth-order valence-corrected chi connectivity index (χ4v) is 2.60. The number of nitrogens with zero attached hydrogens (tertiary/aromatic N) is 3. The van der Waals surface area contributed by atoms with E-state index in [-0.39, 0.29) is 22.7 Å². The molecule has 21 heavy (non-hydrogen) atoms. The topological polar surface area (TPSA) is 94.4 Å². The van der Waals surface area contributed by atoms with Gasteiger partial charge in [-0.3, -0.25) is 0 Å². The molecule has 0 fully saturated rings. The Hall–Kier alpha value is -1.87. The third kappa shape index (κ3) is 3.82. The van der Waals surface area contributed by atoms with Crippen LogP contribution in [0.3, 0.4) is 0 Å². The largest absolute Gasteiger partial charge is 0.478 e. The third-order valence-corrected chi connectivity index (χ3v) is 3.75. The fraction of sp³-hybridized carbons (Fsp3) is 0.167. The van der Waals surface area contributed by atoms with E-state index in [0.29, 0.717) is 9.37 Å². The van der Waals surface area contributed by atoms with Crippen LogP contribution in [0, 0.1) is 0 Å². The predicted octanol–water partition coefficient (Wildman–Crippen LogP) is 2.50. The number of aromatic nitrogens is 3. The van der Waals surface area contributed by atoms with E-state index < -0.39 is 5.97 Å². The number of carboxylic acid groups (broad SMARTS) is 1. The first-order valence-electron chi connectivity index (χ1n) is 5.58. The summed E-state index contributed by atoms with van der Waals surface area (Å²) in [7, 11) is 2.84. The van der Waals surface area contributed by atoms with Gasteiger partial charge in [0.1, 0.15) is 0 Å². The fourth-order valence-electron chi connectivity index (χ4n) is 1.41. The van der Waals surface area contributed by atoms with Crippen molar-refractivity contribution in [1.82, 2.24) is 15.0 Å². The summed E-state index contributed by atoms with van der Waals surface area (Å²) in [5, 5.41) is 9.51. The summed E-state index contributed by atoms with van der Waals surface area (Å²) in [5.74, 6) is -1.04. The quantitative estimate of drug-likeness (QED) is 0.856. The highest BCUT2D eigenvalue weighted by atomic mass is 79.9. The number of rotatable bonds is 5. The Morgan fingerprint density at radius 1 is 1.19 bits per heavy atom. The highest BCUT2D eigenvalue weighted by Crippen LogP contribution is 2.31. The van der Waals surface area contributed by atoms with Gasteiger partial charge in [-0.05, 0) is 30.0 Å². The van der Waals surface area contributed by atoms with E-state index in [4.69, 9.17) is 9.47 Å². The number of aromatic carboxylic acids is 1. The van der Waals surface area contributed by atoms with Crippen LogP contribution >= 0.6 is 27.7 Å². The molecule has 0 unspecified atom stereocenters. The molecular weight excluding hydrogens is 362 g/mol. The summed E-state index contributed by atoms with van der Waals surface area (Å²) < 4.78 is 10.6. The number of carbonyl (C=O) groups is 1. The van der Waals surface area contributed by atoms with E-state index in [1.54, 1.807) is 12.1 Å². The average molecular weight is 372 g/mol. The van der Waals surface area contributed by atoms with Crippen molar-refractivity contribution in [2.75, 3.05) is 14.2 Å². The lowest BCUT2D eigenvalue weighted by Gasteiger charge is -2.07. The third-order valence-electron chi connectivity index (χ3n) is 2.31. The maximum absolute atomic E-state index is 11.3. The molecule has 1 aromatic carbocycles. The maximum Gasteiger partial charge on any atom is 0.336 e. The van der Waals surface area contributed by atoms with Gasteiger partial charge >= 0.3 is 18.0 Å². The van der Waals surface area contributed by atoms with Crippen LogP contribution in [0.15, 0.2) is 32.7 Å². The van der Waals surface area contributed by atoms with E-state index in [0.717, 1.165) is 11.8 Å². The predicted molar refractivity (Wildman–Crippen MR) is 78.2 cm³/mol. The Morgan fingerprint density at radius 2 is 1.81 bits per heavy atom. The van der Waals surface area contributed by atoms with Gasteiger partial charge in [0, 0.05) is 9.37 Å². The van der Waals surface area contributed by atoms with Gasteiger partial charge in [-0.1, -0.05) is 15.9 Å². The smallest absolute Gasteiger partial charge is 0.336 e. The van der Waals surface area contributed by atoms with Gasteiger partial charge in [0.2, 0.25) is 5.16 Å². The summed E-state index contributed by atoms with van der Waals surface area (Å²) in [6.45, 7) is 0. The van der Waals surface area contributed by atoms with Gasteiger partial charge in [0.15, 0.2) is 0 Å². The van der Waals surface area contributed by atoms with Crippen LogP contribution in [-0.2, 0) is 0 Å². The number of halogens is 1. The average Bonchev–Trinajstić information content (AvgIpc) is 2.48. The van der Waals surface area contributed by atoms with Crippen molar-refractivity contribution in [3.8, 4) is 12.0 Å². The van der Waals surface area contributed by atoms with Crippen LogP contribution in [-0.4, -0.2) is 40.2 Å². The minimum absolute atomic E-state index is 0.0957. The zero-order valence-corrected chi connectivity index (χ0v) is 13.4. The van der Waals surface area contributed by atoms with Crippen molar-refractivity contribution in [3.63, 3.8) is 0 Å². The van der Waals surface area contributed by atoms with E-state index >= 15 is 0 Å². The standard InChI is InChI=1S/C12H10BrN3O4S/c1-19-10-14-11(20-2)16-12(15-10)21-8-4-3-6(13)5-7(8)9(17)18/h3-5H,1-2H3,(H,17,18). The molecule has 0 bridgehead atoms. The first-order chi connectivity index (χ1) is 10.0. The first kappa shape index (κ1) is 15.5. The zero-order valence-electron chi connectivity index (χ0n) is 11.0. The molecule has 0 aliphatic heterocycles. The van der Waals surface area contributed by atoms with Crippen molar-refractivity contribution in [1.29, 1.82) is 0 Å². The Balaban J connectivity index is 2.40. The van der Waals surface area contributed by atoms with Gasteiger partial charge in [0.05, 0.1) is 19.8 Å². The molecule has 2 rings (SSSR count). The summed E-state index contributed by atoms with van der Waals surface area (Å²) >= 11 is 4.33. The van der Waals surface area contributed by atoms with Crippen molar-refractivity contribution in [3.05, 3.63) is 28.2 Å². The summed E-state index contributed by atoms with van der Waals surface area (Å²) in [4.78, 5) is 23.8. The lowest BCUT2D eigenvalue weighted by Crippen LogP contribution is -2.02. The second-order valence-corrected chi connectivity index (χ2v) is 5.56. The SMILES string of the molecule is COc1nc(OC)nc(Sc2ccc(Br)cc2C(=O)O)n1. The normalized spacial score (nSPS) is 10.2. The highest BCUT2D eigenvalue weighted by Gasteiger charge is 2.15. The van der Waals surface area contributed by atoms with Gasteiger partial charge in [-0.25, -0.2) is 4.79 Å². The number of methoxy groups -OCH3 is 2. The van der Waals surface area contributed by atoms with Gasteiger partial charge in [-0.15, -0.1) is 4.98 Å². The number of benzene rings is 1. The molecule has 7 nitrogen and oxygen atoms in total. The number of ether oxygens (including phenoxy) is 2. The number of carboxylic acids is 1. The minimum Gasteiger partial charge on any atom is -0.478 e. The van der Waals surface area contributed by atoms with Crippen LogP contribution in [0.25, 0.3) is 0 Å². The maximum atomic E-state index is 11.3. The van der Waals surface area contributed by atoms with Crippen molar-refractivity contribution >= 4 is 33.7 Å². The van der Waals surface area contributed by atoms with E-state index in [1.165, 1.54) is 20.3 Å². The molecule has 0 atom stereocenters. The van der Waals surface area contributed by atoms with Crippen LogP contribution < -0.4 is 9.47 Å². The second-order valence-electron chi connectivity index (χ2n) is 3.64. The molecule has 110 valence electrons. The number of hydrogen-bond donors (Lipinski definition) is 1. The molecule has 0 amide bonds. The van der Waals surface area contributed by atoms with E-state index in [2.05, 4.69) is 30.9 Å². The molecule has 1 heterocycles. The van der Waals surface area contributed by atoms with Crippen molar-refractivity contribution in [2.24, 2.45) is 0 Å². The molecule has 0 saturated heterocycles. The molecule has 0 radical (unpaired) electrons.